The highest BCUT2D eigenvalue weighted by Crippen LogP contribution is 1.90. The SMILES string of the molecule is COCCN(C)CCn1cn[nH]c1=S. The highest BCUT2D eigenvalue weighted by molar-refractivity contribution is 7.71. The van der Waals surface area contributed by atoms with Crippen molar-refractivity contribution in [1.29, 1.82) is 0 Å². The van der Waals surface area contributed by atoms with Gasteiger partial charge in [0.25, 0.3) is 0 Å². The van der Waals surface area contributed by atoms with E-state index in [2.05, 4.69) is 22.1 Å². The molecule has 0 aromatic carbocycles. The van der Waals surface area contributed by atoms with Gasteiger partial charge in [-0.3, -0.25) is 5.10 Å². The van der Waals surface area contributed by atoms with E-state index in [0.717, 1.165) is 26.2 Å². The van der Waals surface area contributed by atoms with Crippen molar-refractivity contribution in [3.8, 4) is 0 Å². The molecule has 1 N–H and O–H groups in total. The predicted molar refractivity (Wildman–Crippen MR) is 56.8 cm³/mol. The van der Waals surface area contributed by atoms with Crippen molar-refractivity contribution < 1.29 is 4.74 Å². The van der Waals surface area contributed by atoms with Gasteiger partial charge in [-0.05, 0) is 19.3 Å². The summed E-state index contributed by atoms with van der Waals surface area (Å²) in [6.07, 6.45) is 1.71. The molecule has 1 heterocycles. The molecule has 0 atom stereocenters. The Morgan fingerprint density at radius 2 is 2.43 bits per heavy atom. The lowest BCUT2D eigenvalue weighted by Gasteiger charge is -2.15. The summed E-state index contributed by atoms with van der Waals surface area (Å²) in [6.45, 7) is 3.49. The molecule has 0 radical (unpaired) electrons. The highest BCUT2D eigenvalue weighted by atomic mass is 32.1. The molecule has 1 aromatic heterocycles. The van der Waals surface area contributed by atoms with Gasteiger partial charge in [-0.1, -0.05) is 0 Å². The Labute approximate surface area is 88.7 Å². The topological polar surface area (TPSA) is 46.1 Å². The maximum atomic E-state index is 5.03. The van der Waals surface area contributed by atoms with Gasteiger partial charge in [0.1, 0.15) is 6.33 Å². The number of hydrogen-bond acceptors (Lipinski definition) is 4. The average Bonchev–Trinajstić information content (AvgIpc) is 2.58. The van der Waals surface area contributed by atoms with Gasteiger partial charge >= 0.3 is 0 Å². The molecule has 5 nitrogen and oxygen atoms in total. The van der Waals surface area contributed by atoms with Gasteiger partial charge in [0.05, 0.1) is 6.61 Å². The van der Waals surface area contributed by atoms with Crippen molar-refractivity contribution in [1.82, 2.24) is 19.7 Å². The first kappa shape index (κ1) is 11.4. The van der Waals surface area contributed by atoms with Gasteiger partial charge in [-0.15, -0.1) is 0 Å². The van der Waals surface area contributed by atoms with Gasteiger partial charge in [0.2, 0.25) is 0 Å². The second-order valence-electron chi connectivity index (χ2n) is 3.15. The smallest absolute Gasteiger partial charge is 0.194 e. The molecule has 80 valence electrons. The Balaban J connectivity index is 2.27. The highest BCUT2D eigenvalue weighted by Gasteiger charge is 1.99. The van der Waals surface area contributed by atoms with Gasteiger partial charge in [-0.2, -0.15) is 5.10 Å². The lowest BCUT2D eigenvalue weighted by Crippen LogP contribution is -2.26. The van der Waals surface area contributed by atoms with E-state index in [-0.39, 0.29) is 0 Å². The van der Waals surface area contributed by atoms with E-state index in [0.29, 0.717) is 4.77 Å². The molecule has 6 heteroatoms. The summed E-state index contributed by atoms with van der Waals surface area (Å²) in [5, 5.41) is 6.57. The number of methoxy groups -OCH3 is 1. The predicted octanol–water partition coefficient (Wildman–Crippen LogP) is 0.519. The molecule has 14 heavy (non-hydrogen) atoms. The third kappa shape index (κ3) is 3.57. The molecule has 0 fully saturated rings. The number of aromatic nitrogens is 3. The largest absolute Gasteiger partial charge is 0.383 e. The van der Waals surface area contributed by atoms with Gasteiger partial charge < -0.3 is 14.2 Å². The monoisotopic (exact) mass is 216 g/mol. The molecule has 0 aliphatic carbocycles. The number of rotatable bonds is 6. The summed E-state index contributed by atoms with van der Waals surface area (Å²) in [5.74, 6) is 0. The molecule has 1 rings (SSSR count). The summed E-state index contributed by atoms with van der Waals surface area (Å²) in [6, 6.07) is 0. The van der Waals surface area contributed by atoms with Crippen LogP contribution in [0.2, 0.25) is 0 Å². The van der Waals surface area contributed by atoms with Crippen LogP contribution in [0.15, 0.2) is 6.33 Å². The molecule has 0 saturated heterocycles. The van der Waals surface area contributed by atoms with E-state index >= 15 is 0 Å². The molecule has 0 saturated carbocycles. The first-order valence-corrected chi connectivity index (χ1v) is 4.92. The first-order chi connectivity index (χ1) is 6.74. The summed E-state index contributed by atoms with van der Waals surface area (Å²) >= 11 is 5.03. The van der Waals surface area contributed by atoms with Crippen molar-refractivity contribution in [2.24, 2.45) is 0 Å². The number of hydrogen-bond donors (Lipinski definition) is 1. The lowest BCUT2D eigenvalue weighted by molar-refractivity contribution is 0.159. The average molecular weight is 216 g/mol. The summed E-state index contributed by atoms with van der Waals surface area (Å²) in [5.41, 5.74) is 0. The number of H-pyrrole nitrogens is 1. The summed E-state index contributed by atoms with van der Waals surface area (Å²) in [4.78, 5) is 2.19. The Kier molecular flexibility index (Phi) is 4.78. The fraction of sp³-hybridized carbons (Fsp3) is 0.750. The zero-order chi connectivity index (χ0) is 10.4. The van der Waals surface area contributed by atoms with Gasteiger partial charge in [0, 0.05) is 26.7 Å². The maximum Gasteiger partial charge on any atom is 0.194 e. The maximum absolute atomic E-state index is 5.03. The molecule has 0 aliphatic rings. The van der Waals surface area contributed by atoms with E-state index in [4.69, 9.17) is 17.0 Å². The van der Waals surface area contributed by atoms with E-state index < -0.39 is 0 Å². The molecular weight excluding hydrogens is 200 g/mol. The number of nitrogens with one attached hydrogen (secondary N) is 1. The van der Waals surface area contributed by atoms with Crippen LogP contribution < -0.4 is 0 Å². The minimum atomic E-state index is 0.671. The van der Waals surface area contributed by atoms with Gasteiger partial charge in [-0.25, -0.2) is 0 Å². The molecule has 0 unspecified atom stereocenters. The minimum absolute atomic E-state index is 0.671. The summed E-state index contributed by atoms with van der Waals surface area (Å²) in [7, 11) is 3.77. The van der Waals surface area contributed by atoms with Gasteiger partial charge in [0.15, 0.2) is 4.77 Å². The number of aromatic amines is 1. The quantitative estimate of drug-likeness (QED) is 0.704. The molecule has 0 aliphatic heterocycles. The number of ether oxygens (including phenoxy) is 1. The first-order valence-electron chi connectivity index (χ1n) is 4.51. The third-order valence-electron chi connectivity index (χ3n) is 2.02. The lowest BCUT2D eigenvalue weighted by atomic mass is 10.5. The molecule has 0 amide bonds. The van der Waals surface area contributed by atoms with Crippen LogP contribution in [-0.2, 0) is 11.3 Å². The zero-order valence-electron chi connectivity index (χ0n) is 8.56. The normalized spacial score (nSPS) is 11.1. The van der Waals surface area contributed by atoms with Crippen LogP contribution in [0.5, 0.6) is 0 Å². The Morgan fingerprint density at radius 1 is 1.64 bits per heavy atom. The zero-order valence-corrected chi connectivity index (χ0v) is 9.38. The van der Waals surface area contributed by atoms with Crippen LogP contribution in [0.1, 0.15) is 0 Å². The molecule has 0 spiro atoms. The van der Waals surface area contributed by atoms with E-state index in [1.165, 1.54) is 0 Å². The Hall–Kier alpha value is -0.720. The fourth-order valence-corrected chi connectivity index (χ4v) is 1.26. The Morgan fingerprint density at radius 3 is 3.00 bits per heavy atom. The fourth-order valence-electron chi connectivity index (χ4n) is 1.07. The standard InChI is InChI=1S/C8H16N4OS/c1-11(5-6-13-2)3-4-12-7-9-10-8(12)14/h7H,3-6H2,1-2H3,(H,10,14). The number of nitrogens with zero attached hydrogens (tertiary/aromatic N) is 3. The van der Waals surface area contributed by atoms with Crippen molar-refractivity contribution in [3.05, 3.63) is 11.1 Å². The second kappa shape index (κ2) is 5.90. The Bertz CT molecular complexity index is 308. The molecule has 0 bridgehead atoms. The second-order valence-corrected chi connectivity index (χ2v) is 3.54. The van der Waals surface area contributed by atoms with Crippen molar-refractivity contribution in [2.75, 3.05) is 33.9 Å². The third-order valence-corrected chi connectivity index (χ3v) is 2.34. The minimum Gasteiger partial charge on any atom is -0.383 e. The van der Waals surface area contributed by atoms with Crippen LogP contribution in [-0.4, -0.2) is 53.5 Å². The van der Waals surface area contributed by atoms with Crippen LogP contribution >= 0.6 is 12.2 Å². The van der Waals surface area contributed by atoms with E-state index in [1.54, 1.807) is 13.4 Å². The van der Waals surface area contributed by atoms with E-state index in [9.17, 15) is 0 Å². The van der Waals surface area contributed by atoms with Crippen LogP contribution in [0.3, 0.4) is 0 Å². The van der Waals surface area contributed by atoms with Crippen LogP contribution in [0.25, 0.3) is 0 Å². The summed E-state index contributed by atoms with van der Waals surface area (Å²) < 4.78 is 7.57. The van der Waals surface area contributed by atoms with Crippen molar-refractivity contribution >= 4 is 12.2 Å². The van der Waals surface area contributed by atoms with Crippen molar-refractivity contribution in [3.63, 3.8) is 0 Å². The molecular formula is C8H16N4OS. The van der Waals surface area contributed by atoms with Crippen molar-refractivity contribution in [2.45, 2.75) is 6.54 Å². The molecule has 1 aromatic rings. The number of likely N-dealkylation sites (N-methyl/N-ethyl adjacent to an activating group) is 1. The van der Waals surface area contributed by atoms with Crippen LogP contribution in [0, 0.1) is 4.77 Å². The van der Waals surface area contributed by atoms with Crippen LogP contribution in [0.4, 0.5) is 0 Å². The van der Waals surface area contributed by atoms with E-state index in [1.807, 2.05) is 4.57 Å².